The van der Waals surface area contributed by atoms with Crippen LogP contribution in [0.1, 0.15) is 36.2 Å². The molecule has 0 spiro atoms. The highest BCUT2D eigenvalue weighted by Crippen LogP contribution is 2.16. The number of amides is 2. The van der Waals surface area contributed by atoms with Gasteiger partial charge in [0.1, 0.15) is 5.75 Å². The third kappa shape index (κ3) is 7.66. The summed E-state index contributed by atoms with van der Waals surface area (Å²) < 4.78 is 5.81. The third-order valence-corrected chi connectivity index (χ3v) is 5.49. The third-order valence-electron chi connectivity index (χ3n) is 5.49. The molecule has 178 valence electrons. The molecular formula is C28H33N3O3. The first-order valence-electron chi connectivity index (χ1n) is 11.8. The Morgan fingerprint density at radius 1 is 0.824 bits per heavy atom. The number of benzene rings is 3. The van der Waals surface area contributed by atoms with Gasteiger partial charge in [-0.2, -0.15) is 0 Å². The van der Waals surface area contributed by atoms with E-state index < -0.39 is 0 Å². The Bertz CT molecular complexity index is 1030. The Hall–Kier alpha value is -3.80. The number of nitrogens with one attached hydrogen (secondary N) is 2. The summed E-state index contributed by atoms with van der Waals surface area (Å²) in [6.07, 6.45) is 1.94. The monoisotopic (exact) mass is 459 g/mol. The highest BCUT2D eigenvalue weighted by Gasteiger charge is 2.12. The molecule has 0 saturated carbocycles. The number of anilines is 2. The molecule has 3 aromatic carbocycles. The van der Waals surface area contributed by atoms with E-state index in [2.05, 4.69) is 34.9 Å². The summed E-state index contributed by atoms with van der Waals surface area (Å²) in [5.74, 6) is 0.639. The number of nitrogens with zero attached hydrogens (tertiary/aromatic N) is 1. The number of hydrogen-bond donors (Lipinski definition) is 2. The van der Waals surface area contributed by atoms with Gasteiger partial charge in [0.2, 0.25) is 5.91 Å². The molecule has 6 nitrogen and oxygen atoms in total. The molecule has 0 unspecified atom stereocenters. The molecule has 3 aromatic rings. The first kappa shape index (κ1) is 24.8. The van der Waals surface area contributed by atoms with E-state index >= 15 is 0 Å². The highest BCUT2D eigenvalue weighted by molar-refractivity contribution is 5.96. The van der Waals surface area contributed by atoms with Crippen LogP contribution >= 0.6 is 0 Å². The quantitative estimate of drug-likeness (QED) is 0.364. The second kappa shape index (κ2) is 13.0. The Labute approximate surface area is 201 Å². The van der Waals surface area contributed by atoms with Crippen LogP contribution in [0.4, 0.5) is 11.4 Å². The molecule has 0 radical (unpaired) electrons. The van der Waals surface area contributed by atoms with Crippen molar-refractivity contribution in [3.05, 3.63) is 90.0 Å². The smallest absolute Gasteiger partial charge is 0.253 e. The minimum Gasteiger partial charge on any atom is -0.494 e. The molecular weight excluding hydrogens is 426 g/mol. The van der Waals surface area contributed by atoms with E-state index in [-0.39, 0.29) is 18.4 Å². The van der Waals surface area contributed by atoms with Crippen LogP contribution in [0.15, 0.2) is 78.9 Å². The fraction of sp³-hybridized carbons (Fsp3) is 0.286. The first-order chi connectivity index (χ1) is 16.6. The molecule has 0 saturated heterocycles. The second-order valence-electron chi connectivity index (χ2n) is 7.92. The zero-order valence-corrected chi connectivity index (χ0v) is 19.9. The van der Waals surface area contributed by atoms with Crippen molar-refractivity contribution in [1.82, 2.24) is 4.90 Å². The topological polar surface area (TPSA) is 70.7 Å². The van der Waals surface area contributed by atoms with Gasteiger partial charge in [-0.05, 0) is 80.8 Å². The van der Waals surface area contributed by atoms with E-state index in [4.69, 9.17) is 4.74 Å². The van der Waals surface area contributed by atoms with Gasteiger partial charge < -0.3 is 20.3 Å². The van der Waals surface area contributed by atoms with Crippen molar-refractivity contribution in [2.45, 2.75) is 26.7 Å². The zero-order valence-electron chi connectivity index (χ0n) is 19.9. The summed E-state index contributed by atoms with van der Waals surface area (Å²) in [6.45, 7) is 6.04. The van der Waals surface area contributed by atoms with Crippen molar-refractivity contribution in [2.75, 3.05) is 36.9 Å². The molecule has 2 N–H and O–H groups in total. The van der Waals surface area contributed by atoms with E-state index in [1.54, 1.807) is 29.2 Å². The second-order valence-corrected chi connectivity index (χ2v) is 7.92. The zero-order chi connectivity index (χ0) is 24.2. The summed E-state index contributed by atoms with van der Waals surface area (Å²) in [7, 11) is 0. The molecule has 6 heteroatoms. The number of hydrogen-bond acceptors (Lipinski definition) is 4. The predicted octanol–water partition coefficient (Wildman–Crippen LogP) is 5.23. The lowest BCUT2D eigenvalue weighted by atomic mass is 10.1. The number of rotatable bonds is 12. The lowest BCUT2D eigenvalue weighted by molar-refractivity contribution is -0.114. The Morgan fingerprint density at radius 2 is 1.47 bits per heavy atom. The standard InChI is InChI=1S/C28H33N3O3/c1-3-31(4-2)28(33)23-12-14-25(15-13-23)30-27(32)21-29-24-16-18-26(19-17-24)34-20-8-11-22-9-6-5-7-10-22/h5-7,9-10,12-19,29H,3-4,8,11,20-21H2,1-2H3,(H,30,32). The number of ether oxygens (including phenoxy) is 1. The minimum atomic E-state index is -0.163. The van der Waals surface area contributed by atoms with Crippen molar-refractivity contribution in [3.8, 4) is 5.75 Å². The average Bonchev–Trinajstić information content (AvgIpc) is 2.88. The molecule has 0 fully saturated rings. The van der Waals surface area contributed by atoms with Crippen molar-refractivity contribution >= 4 is 23.2 Å². The molecule has 0 aliphatic heterocycles. The maximum Gasteiger partial charge on any atom is 0.253 e. The van der Waals surface area contributed by atoms with Crippen LogP contribution in [0.3, 0.4) is 0 Å². The predicted molar refractivity (Wildman–Crippen MR) is 138 cm³/mol. The summed E-state index contributed by atoms with van der Waals surface area (Å²) in [5, 5.41) is 5.96. The van der Waals surface area contributed by atoms with Crippen LogP contribution in [0.5, 0.6) is 5.75 Å². The van der Waals surface area contributed by atoms with Gasteiger partial charge in [-0.1, -0.05) is 30.3 Å². The van der Waals surface area contributed by atoms with Gasteiger partial charge in [-0.3, -0.25) is 9.59 Å². The van der Waals surface area contributed by atoms with E-state index in [0.29, 0.717) is 30.9 Å². The van der Waals surface area contributed by atoms with Gasteiger partial charge in [0.25, 0.3) is 5.91 Å². The first-order valence-corrected chi connectivity index (χ1v) is 11.8. The van der Waals surface area contributed by atoms with E-state index in [1.165, 1.54) is 5.56 Å². The fourth-order valence-corrected chi connectivity index (χ4v) is 3.56. The Balaban J connectivity index is 1.38. The lowest BCUT2D eigenvalue weighted by Gasteiger charge is -2.18. The van der Waals surface area contributed by atoms with E-state index in [0.717, 1.165) is 24.3 Å². The van der Waals surface area contributed by atoms with Crippen molar-refractivity contribution in [2.24, 2.45) is 0 Å². The Kier molecular flexibility index (Phi) is 9.52. The van der Waals surface area contributed by atoms with Crippen LogP contribution < -0.4 is 15.4 Å². The lowest BCUT2D eigenvalue weighted by Crippen LogP contribution is -2.30. The molecule has 2 amide bonds. The largest absolute Gasteiger partial charge is 0.494 e. The average molecular weight is 460 g/mol. The minimum absolute atomic E-state index is 0.00633. The van der Waals surface area contributed by atoms with Crippen LogP contribution in [-0.4, -0.2) is 43.0 Å². The molecule has 0 aromatic heterocycles. The normalized spacial score (nSPS) is 10.4. The van der Waals surface area contributed by atoms with Gasteiger partial charge in [-0.15, -0.1) is 0 Å². The summed E-state index contributed by atoms with van der Waals surface area (Å²) in [6, 6.07) is 24.9. The molecule has 0 atom stereocenters. The molecule has 0 aliphatic rings. The van der Waals surface area contributed by atoms with Crippen molar-refractivity contribution < 1.29 is 14.3 Å². The highest BCUT2D eigenvalue weighted by atomic mass is 16.5. The molecule has 0 heterocycles. The van der Waals surface area contributed by atoms with Gasteiger partial charge in [0, 0.05) is 30.0 Å². The van der Waals surface area contributed by atoms with Gasteiger partial charge in [-0.25, -0.2) is 0 Å². The number of carbonyl (C=O) groups is 2. The fourth-order valence-electron chi connectivity index (χ4n) is 3.56. The van der Waals surface area contributed by atoms with Gasteiger partial charge in [0.05, 0.1) is 13.2 Å². The summed E-state index contributed by atoms with van der Waals surface area (Å²) in [5.41, 5.74) is 3.42. The molecule has 0 aliphatic carbocycles. The number of carbonyl (C=O) groups excluding carboxylic acids is 2. The van der Waals surface area contributed by atoms with E-state index in [1.807, 2.05) is 44.2 Å². The van der Waals surface area contributed by atoms with E-state index in [9.17, 15) is 9.59 Å². The van der Waals surface area contributed by atoms with Crippen molar-refractivity contribution in [1.29, 1.82) is 0 Å². The SMILES string of the molecule is CCN(CC)C(=O)c1ccc(NC(=O)CNc2ccc(OCCCc3ccccc3)cc2)cc1. The number of aryl methyl sites for hydroxylation is 1. The summed E-state index contributed by atoms with van der Waals surface area (Å²) in [4.78, 5) is 26.4. The summed E-state index contributed by atoms with van der Waals surface area (Å²) >= 11 is 0. The van der Waals surface area contributed by atoms with Gasteiger partial charge >= 0.3 is 0 Å². The maximum atomic E-state index is 12.4. The van der Waals surface area contributed by atoms with Crippen LogP contribution in [-0.2, 0) is 11.2 Å². The van der Waals surface area contributed by atoms with Crippen LogP contribution in [0.2, 0.25) is 0 Å². The van der Waals surface area contributed by atoms with Gasteiger partial charge in [0.15, 0.2) is 0 Å². The molecule has 0 bridgehead atoms. The molecule has 3 rings (SSSR count). The maximum absolute atomic E-state index is 12.4. The molecule has 34 heavy (non-hydrogen) atoms. The van der Waals surface area contributed by atoms with Crippen LogP contribution in [0, 0.1) is 0 Å². The van der Waals surface area contributed by atoms with Crippen molar-refractivity contribution in [3.63, 3.8) is 0 Å². The Morgan fingerprint density at radius 3 is 2.12 bits per heavy atom. The van der Waals surface area contributed by atoms with Crippen LogP contribution in [0.25, 0.3) is 0 Å².